The lowest BCUT2D eigenvalue weighted by molar-refractivity contribution is -0.286. The first-order chi connectivity index (χ1) is 16.1. The average Bonchev–Trinajstić information content (AvgIpc) is 3.07. The van der Waals surface area contributed by atoms with Crippen molar-refractivity contribution in [1.82, 2.24) is 15.2 Å². The molecule has 4 rings (SSSR count). The fraction of sp³-hybridized carbons (Fsp3) is 0.348. The molecule has 9 nitrogen and oxygen atoms in total. The number of pyridine rings is 1. The summed E-state index contributed by atoms with van der Waals surface area (Å²) in [4.78, 5) is 30.1. The number of nitrogens with zero attached hydrogens (tertiary/aromatic N) is 2. The highest BCUT2D eigenvalue weighted by molar-refractivity contribution is 5.88. The summed E-state index contributed by atoms with van der Waals surface area (Å²) in [5.41, 5.74) is 7.37. The summed E-state index contributed by atoms with van der Waals surface area (Å²) in [5, 5.41) is 12.6. The number of ether oxygens (including phenoxy) is 2. The maximum absolute atomic E-state index is 13.4. The van der Waals surface area contributed by atoms with E-state index in [9.17, 15) is 23.5 Å². The first kappa shape index (κ1) is 23.3. The first-order valence-corrected chi connectivity index (χ1v) is 10.7. The average molecular weight is 474 g/mol. The number of nitrogens with one attached hydrogen (secondary N) is 1. The fourth-order valence-corrected chi connectivity index (χ4v) is 4.29. The lowest BCUT2D eigenvalue weighted by Crippen LogP contribution is -2.63. The second-order valence-electron chi connectivity index (χ2n) is 8.21. The molecule has 11 heteroatoms. The van der Waals surface area contributed by atoms with E-state index in [-0.39, 0.29) is 11.5 Å². The number of rotatable bonds is 7. The van der Waals surface area contributed by atoms with Gasteiger partial charge in [0.2, 0.25) is 0 Å². The Morgan fingerprint density at radius 3 is 2.71 bits per heavy atom. The molecule has 1 aromatic carbocycles. The van der Waals surface area contributed by atoms with E-state index in [0.717, 1.165) is 10.5 Å². The molecule has 34 heavy (non-hydrogen) atoms. The zero-order valence-electron chi connectivity index (χ0n) is 18.3. The van der Waals surface area contributed by atoms with Crippen molar-refractivity contribution in [2.24, 2.45) is 5.92 Å². The van der Waals surface area contributed by atoms with E-state index in [1.54, 1.807) is 18.2 Å². The normalized spacial score (nSPS) is 21.0. The minimum absolute atomic E-state index is 0.100. The molecule has 1 aromatic heterocycles. The van der Waals surface area contributed by atoms with Crippen molar-refractivity contribution >= 4 is 17.8 Å². The number of aromatic nitrogens is 1. The van der Waals surface area contributed by atoms with Crippen LogP contribution >= 0.6 is 0 Å². The van der Waals surface area contributed by atoms with E-state index < -0.39 is 36.3 Å². The molecule has 180 valence electrons. The number of carboxylic acids is 1. The molecule has 2 aliphatic rings. The number of nitrogen functional groups attached to an aromatic ring is 1. The largest absolute Gasteiger partial charge is 0.586 e. The van der Waals surface area contributed by atoms with E-state index in [1.165, 1.54) is 18.3 Å². The maximum Gasteiger partial charge on any atom is 0.586 e. The second-order valence-corrected chi connectivity index (χ2v) is 8.21. The molecule has 2 aromatic rings. The Hall–Kier alpha value is -3.89. The number of urea groups is 1. The molecule has 4 N–H and O–H groups in total. The summed E-state index contributed by atoms with van der Waals surface area (Å²) in [7, 11) is 0. The minimum Gasteiger partial charge on any atom is -0.480 e. The number of aliphatic carboxylic acids is 1. The lowest BCUT2D eigenvalue weighted by Gasteiger charge is -2.47. The summed E-state index contributed by atoms with van der Waals surface area (Å²) in [6.45, 7) is 5.82. The van der Waals surface area contributed by atoms with Crippen LogP contribution in [0, 0.1) is 5.92 Å². The van der Waals surface area contributed by atoms with Crippen molar-refractivity contribution in [1.29, 1.82) is 0 Å². The number of carboxylic acid groups (broad SMARTS) is 1. The van der Waals surface area contributed by atoms with Gasteiger partial charge in [0.1, 0.15) is 11.9 Å². The summed E-state index contributed by atoms with van der Waals surface area (Å²) >= 11 is 0. The van der Waals surface area contributed by atoms with E-state index >= 15 is 0 Å². The number of fused-ring (bicyclic) bond motifs is 1. The monoisotopic (exact) mass is 474 g/mol. The zero-order valence-corrected chi connectivity index (χ0v) is 18.3. The minimum atomic E-state index is -3.75. The third-order valence-corrected chi connectivity index (χ3v) is 5.87. The second kappa shape index (κ2) is 8.81. The van der Waals surface area contributed by atoms with Crippen LogP contribution in [-0.4, -0.2) is 39.3 Å². The third kappa shape index (κ3) is 4.45. The molecule has 2 amide bonds. The molecule has 1 fully saturated rings. The van der Waals surface area contributed by atoms with Crippen molar-refractivity contribution < 1.29 is 33.0 Å². The van der Waals surface area contributed by atoms with Gasteiger partial charge in [0, 0.05) is 17.8 Å². The summed E-state index contributed by atoms with van der Waals surface area (Å²) in [5.74, 6) is -1.58. The Kier molecular flexibility index (Phi) is 6.03. The van der Waals surface area contributed by atoms with Crippen molar-refractivity contribution in [3.8, 4) is 11.5 Å². The highest BCUT2D eigenvalue weighted by Crippen LogP contribution is 2.43. The Bertz CT molecular complexity index is 1140. The van der Waals surface area contributed by atoms with Crippen LogP contribution < -0.4 is 20.5 Å². The topological polar surface area (TPSA) is 127 Å². The van der Waals surface area contributed by atoms with Crippen LogP contribution in [0.5, 0.6) is 11.5 Å². The number of hydrogen-bond donors (Lipinski definition) is 3. The molecule has 0 radical (unpaired) electrons. The highest BCUT2D eigenvalue weighted by atomic mass is 19.3. The summed E-state index contributed by atoms with van der Waals surface area (Å²) in [6.07, 6.45) is -0.725. The number of anilines is 1. The Morgan fingerprint density at radius 1 is 1.29 bits per heavy atom. The quantitative estimate of drug-likeness (QED) is 0.559. The van der Waals surface area contributed by atoms with Crippen LogP contribution in [0.2, 0.25) is 0 Å². The van der Waals surface area contributed by atoms with Gasteiger partial charge < -0.3 is 25.6 Å². The highest BCUT2D eigenvalue weighted by Gasteiger charge is 2.50. The summed E-state index contributed by atoms with van der Waals surface area (Å²) < 4.78 is 35.7. The third-order valence-electron chi connectivity index (χ3n) is 5.87. The molecule has 2 aliphatic heterocycles. The number of halogens is 2. The van der Waals surface area contributed by atoms with Gasteiger partial charge in [-0.25, -0.2) is 14.6 Å². The zero-order chi connectivity index (χ0) is 24.6. The Balaban J connectivity index is 1.50. The van der Waals surface area contributed by atoms with Gasteiger partial charge in [-0.1, -0.05) is 26.0 Å². The van der Waals surface area contributed by atoms with Crippen molar-refractivity contribution in [3.05, 3.63) is 59.9 Å². The van der Waals surface area contributed by atoms with Gasteiger partial charge in [0.05, 0.1) is 6.04 Å². The van der Waals surface area contributed by atoms with Gasteiger partial charge in [-0.2, -0.15) is 0 Å². The van der Waals surface area contributed by atoms with Crippen LogP contribution in [0.4, 0.5) is 19.4 Å². The number of amides is 2. The van der Waals surface area contributed by atoms with Crippen molar-refractivity contribution in [3.63, 3.8) is 0 Å². The fourth-order valence-electron chi connectivity index (χ4n) is 4.29. The van der Waals surface area contributed by atoms with E-state index in [0.29, 0.717) is 36.3 Å². The maximum atomic E-state index is 13.4. The number of benzene rings is 1. The van der Waals surface area contributed by atoms with Gasteiger partial charge in [-0.3, -0.25) is 4.90 Å². The van der Waals surface area contributed by atoms with Crippen LogP contribution in [-0.2, 0) is 11.2 Å². The van der Waals surface area contributed by atoms with Gasteiger partial charge in [0.15, 0.2) is 11.5 Å². The van der Waals surface area contributed by atoms with Crippen LogP contribution in [0.15, 0.2) is 48.8 Å². The molecule has 3 atom stereocenters. The number of carbonyl (C=O) groups excluding carboxylic acids is 1. The molecule has 0 spiro atoms. The molecular weight excluding hydrogens is 450 g/mol. The van der Waals surface area contributed by atoms with Gasteiger partial charge in [-0.15, -0.1) is 8.78 Å². The molecule has 3 heterocycles. The predicted molar refractivity (Wildman–Crippen MR) is 117 cm³/mol. The molecule has 0 saturated carbocycles. The van der Waals surface area contributed by atoms with Crippen molar-refractivity contribution in [2.75, 3.05) is 5.73 Å². The number of carbonyl (C=O) groups is 2. The molecule has 0 bridgehead atoms. The van der Waals surface area contributed by atoms with Crippen LogP contribution in [0.25, 0.3) is 0 Å². The van der Waals surface area contributed by atoms with Crippen molar-refractivity contribution in [2.45, 2.75) is 44.6 Å². The predicted octanol–water partition coefficient (Wildman–Crippen LogP) is 3.68. The van der Waals surface area contributed by atoms with E-state index in [2.05, 4.69) is 26.4 Å². The lowest BCUT2D eigenvalue weighted by atomic mass is 9.80. The number of hydrogen-bond acceptors (Lipinski definition) is 6. The molecular formula is C23H24F2N4O5. The van der Waals surface area contributed by atoms with E-state index in [1.807, 2.05) is 6.92 Å². The summed E-state index contributed by atoms with van der Waals surface area (Å²) in [6, 6.07) is 5.35. The van der Waals surface area contributed by atoms with Gasteiger partial charge >= 0.3 is 18.3 Å². The molecule has 1 saturated heterocycles. The SMILES string of the molecule is C=C1[C@H](Cc2ccnc(N)c2)[C@@H](C(=O)O)N1C(=O)NC(CCC)c1ccc2c(c1)OC(F)(F)O2. The molecule has 0 aliphatic carbocycles. The number of likely N-dealkylation sites (tertiary alicyclic amines) is 1. The standard InChI is InChI=1S/C23H24F2N4O5/c1-3-4-16(14-5-6-17-18(11-14)34-23(24,25)33-17)28-22(32)29-12(2)15(20(29)21(30)31)9-13-7-8-27-19(26)10-13/h5-8,10-11,15-16,20H,2-4,9H2,1H3,(H2,26,27)(H,28,32)(H,30,31)/t15-,16?,20-/m0/s1. The van der Waals surface area contributed by atoms with Gasteiger partial charge in [-0.05, 0) is 48.2 Å². The first-order valence-electron chi connectivity index (χ1n) is 10.7. The Labute approximate surface area is 194 Å². The molecule has 1 unspecified atom stereocenters. The van der Waals surface area contributed by atoms with E-state index in [4.69, 9.17) is 5.73 Å². The van der Waals surface area contributed by atoms with Gasteiger partial charge in [0.25, 0.3) is 0 Å². The smallest absolute Gasteiger partial charge is 0.480 e. The Morgan fingerprint density at radius 2 is 2.03 bits per heavy atom. The number of nitrogens with two attached hydrogens (primary N) is 1. The van der Waals surface area contributed by atoms with Crippen LogP contribution in [0.3, 0.4) is 0 Å². The van der Waals surface area contributed by atoms with Crippen LogP contribution in [0.1, 0.15) is 36.9 Å². The number of alkyl halides is 2.